The molecule has 1 aromatic carbocycles. The first-order valence-electron chi connectivity index (χ1n) is 6.19. The van der Waals surface area contributed by atoms with Crippen molar-refractivity contribution in [3.05, 3.63) is 29.8 Å². The van der Waals surface area contributed by atoms with Crippen LogP contribution in [0, 0.1) is 11.3 Å². The lowest BCUT2D eigenvalue weighted by Crippen LogP contribution is -2.45. The molecule has 0 radical (unpaired) electrons. The van der Waals surface area contributed by atoms with E-state index in [9.17, 15) is 8.42 Å². The van der Waals surface area contributed by atoms with Crippen LogP contribution in [0.5, 0.6) is 0 Å². The molecule has 1 aromatic rings. The Kier molecular flexibility index (Phi) is 3.78. The van der Waals surface area contributed by atoms with Crippen molar-refractivity contribution in [1.82, 2.24) is 4.31 Å². The van der Waals surface area contributed by atoms with Gasteiger partial charge in [-0.05, 0) is 25.0 Å². The van der Waals surface area contributed by atoms with Gasteiger partial charge in [0.15, 0.2) is 0 Å². The van der Waals surface area contributed by atoms with Gasteiger partial charge >= 0.3 is 10.2 Å². The number of anilines is 1. The van der Waals surface area contributed by atoms with E-state index in [0.29, 0.717) is 0 Å². The van der Waals surface area contributed by atoms with Gasteiger partial charge < -0.3 is 0 Å². The molecule has 1 heterocycles. The van der Waals surface area contributed by atoms with Crippen molar-refractivity contribution in [3.63, 3.8) is 0 Å². The Balaban J connectivity index is 2.34. The predicted molar refractivity (Wildman–Crippen MR) is 73.9 cm³/mol. The van der Waals surface area contributed by atoms with Crippen LogP contribution in [0.15, 0.2) is 24.3 Å². The molecule has 2 rings (SSSR count). The lowest BCUT2D eigenvalue weighted by atomic mass is 10.1. The summed E-state index contributed by atoms with van der Waals surface area (Å²) < 4.78 is 27.8. The molecule has 0 N–H and O–H groups in total. The Morgan fingerprint density at radius 1 is 1.47 bits per heavy atom. The quantitative estimate of drug-likeness (QED) is 0.839. The highest BCUT2D eigenvalue weighted by atomic mass is 32.2. The van der Waals surface area contributed by atoms with Crippen molar-refractivity contribution < 1.29 is 8.42 Å². The minimum absolute atomic E-state index is 0.0908. The van der Waals surface area contributed by atoms with Crippen molar-refractivity contribution in [2.75, 3.05) is 17.9 Å². The van der Waals surface area contributed by atoms with E-state index in [1.54, 1.807) is 0 Å². The summed E-state index contributed by atoms with van der Waals surface area (Å²) in [4.78, 5) is 0. The third kappa shape index (κ3) is 2.44. The second kappa shape index (κ2) is 5.19. The lowest BCUT2D eigenvalue weighted by Gasteiger charge is -2.29. The molecule has 1 aliphatic heterocycles. The van der Waals surface area contributed by atoms with Gasteiger partial charge in [0.1, 0.15) is 0 Å². The Labute approximate surface area is 114 Å². The van der Waals surface area contributed by atoms with Crippen LogP contribution in [-0.4, -0.2) is 32.4 Å². The van der Waals surface area contributed by atoms with Crippen molar-refractivity contribution >= 4 is 15.9 Å². The predicted octanol–water partition coefficient (Wildman–Crippen LogP) is 1.53. The summed E-state index contributed by atoms with van der Waals surface area (Å²) >= 11 is 0. The van der Waals surface area contributed by atoms with Crippen LogP contribution in [-0.2, 0) is 16.6 Å². The molecule has 0 aliphatic carbocycles. The van der Waals surface area contributed by atoms with Gasteiger partial charge in [0, 0.05) is 26.1 Å². The zero-order chi connectivity index (χ0) is 14.0. The third-order valence-electron chi connectivity index (χ3n) is 3.33. The summed E-state index contributed by atoms with van der Waals surface area (Å²) in [6.07, 6.45) is 0.918. The van der Waals surface area contributed by atoms with Crippen LogP contribution in [0.2, 0.25) is 0 Å². The monoisotopic (exact) mass is 279 g/mol. The topological polar surface area (TPSA) is 64.4 Å². The van der Waals surface area contributed by atoms with E-state index in [0.717, 1.165) is 17.7 Å². The Bertz CT molecular complexity index is 607. The van der Waals surface area contributed by atoms with Crippen LogP contribution in [0.25, 0.3) is 0 Å². The van der Waals surface area contributed by atoms with Crippen molar-refractivity contribution in [1.29, 1.82) is 5.26 Å². The largest absolute Gasteiger partial charge is 0.304 e. The standard InChI is InChI=1S/C13H17N3O2S/c1-11-10-12-6-3-4-7-13(12)16(11)19(17,18)15(2)9-5-8-14/h3-4,6-7,11H,5,9-10H2,1-2H3/t11-/m1/s1. The molecular formula is C13H17N3O2S. The Morgan fingerprint density at radius 3 is 2.84 bits per heavy atom. The molecule has 1 atom stereocenters. The smallest absolute Gasteiger partial charge is 0.254 e. The fraction of sp³-hybridized carbons (Fsp3) is 0.462. The highest BCUT2D eigenvalue weighted by Gasteiger charge is 2.36. The van der Waals surface area contributed by atoms with Gasteiger partial charge in [-0.3, -0.25) is 4.31 Å². The van der Waals surface area contributed by atoms with Gasteiger partial charge in [-0.1, -0.05) is 18.2 Å². The van der Waals surface area contributed by atoms with Crippen molar-refractivity contribution in [3.8, 4) is 6.07 Å². The van der Waals surface area contributed by atoms with Gasteiger partial charge in [0.2, 0.25) is 0 Å². The van der Waals surface area contributed by atoms with E-state index in [1.165, 1.54) is 15.7 Å². The Hall–Kier alpha value is -1.58. The van der Waals surface area contributed by atoms with Crippen molar-refractivity contribution in [2.24, 2.45) is 0 Å². The Morgan fingerprint density at radius 2 is 2.16 bits per heavy atom. The summed E-state index contributed by atoms with van der Waals surface area (Å²) in [6.45, 7) is 2.11. The molecule has 19 heavy (non-hydrogen) atoms. The van der Waals surface area contributed by atoms with E-state index in [1.807, 2.05) is 37.3 Å². The fourth-order valence-corrected chi connectivity index (χ4v) is 3.94. The number of nitrogens with zero attached hydrogens (tertiary/aromatic N) is 3. The maximum absolute atomic E-state index is 12.6. The molecule has 0 fully saturated rings. The summed E-state index contributed by atoms with van der Waals surface area (Å²) in [7, 11) is -2.04. The number of nitriles is 1. The highest BCUT2D eigenvalue weighted by molar-refractivity contribution is 7.90. The van der Waals surface area contributed by atoms with Crippen LogP contribution in [0.1, 0.15) is 18.9 Å². The van der Waals surface area contributed by atoms with E-state index in [-0.39, 0.29) is 19.0 Å². The van der Waals surface area contributed by atoms with E-state index in [4.69, 9.17) is 5.26 Å². The normalized spacial score (nSPS) is 18.4. The van der Waals surface area contributed by atoms with Gasteiger partial charge in [-0.15, -0.1) is 0 Å². The van der Waals surface area contributed by atoms with Gasteiger partial charge in [-0.25, -0.2) is 0 Å². The molecule has 0 saturated carbocycles. The average molecular weight is 279 g/mol. The second-order valence-corrected chi connectivity index (χ2v) is 6.63. The summed E-state index contributed by atoms with van der Waals surface area (Å²) in [5, 5.41) is 8.57. The first kappa shape index (κ1) is 13.8. The number of hydrogen-bond donors (Lipinski definition) is 0. The van der Waals surface area contributed by atoms with Crippen LogP contribution < -0.4 is 4.31 Å². The SMILES string of the molecule is C[C@@H]1Cc2ccccc2N1S(=O)(=O)N(C)CCC#N. The number of hydrogen-bond acceptors (Lipinski definition) is 3. The van der Waals surface area contributed by atoms with E-state index in [2.05, 4.69) is 0 Å². The molecule has 0 bridgehead atoms. The number of rotatable bonds is 4. The molecule has 102 valence electrons. The maximum atomic E-state index is 12.6. The zero-order valence-corrected chi connectivity index (χ0v) is 11.9. The minimum atomic E-state index is -3.56. The number of fused-ring (bicyclic) bond motifs is 1. The lowest BCUT2D eigenvalue weighted by molar-refractivity contribution is 0.469. The van der Waals surface area contributed by atoms with Gasteiger partial charge in [0.25, 0.3) is 0 Å². The molecule has 0 saturated heterocycles. The fourth-order valence-electron chi connectivity index (χ4n) is 2.36. The first-order valence-corrected chi connectivity index (χ1v) is 7.58. The highest BCUT2D eigenvalue weighted by Crippen LogP contribution is 2.34. The maximum Gasteiger partial charge on any atom is 0.304 e. The van der Waals surface area contributed by atoms with Crippen LogP contribution in [0.3, 0.4) is 0 Å². The van der Waals surface area contributed by atoms with E-state index >= 15 is 0 Å². The summed E-state index contributed by atoms with van der Waals surface area (Å²) in [5.41, 5.74) is 1.80. The second-order valence-electron chi connectivity index (χ2n) is 4.72. The molecule has 5 nitrogen and oxygen atoms in total. The molecule has 0 aromatic heterocycles. The van der Waals surface area contributed by atoms with E-state index < -0.39 is 10.2 Å². The molecule has 6 heteroatoms. The summed E-state index contributed by atoms with van der Waals surface area (Å²) in [6, 6.07) is 9.42. The third-order valence-corrected chi connectivity index (χ3v) is 5.35. The molecule has 0 unspecified atom stereocenters. The molecule has 0 spiro atoms. The number of para-hydroxylation sites is 1. The molecular weight excluding hydrogens is 262 g/mol. The van der Waals surface area contributed by atoms with Crippen molar-refractivity contribution in [2.45, 2.75) is 25.8 Å². The molecule has 1 aliphatic rings. The molecule has 0 amide bonds. The zero-order valence-electron chi connectivity index (χ0n) is 11.1. The van der Waals surface area contributed by atoms with Gasteiger partial charge in [-0.2, -0.15) is 18.0 Å². The first-order chi connectivity index (χ1) is 8.98. The van der Waals surface area contributed by atoms with Crippen LogP contribution in [0.4, 0.5) is 5.69 Å². The minimum Gasteiger partial charge on any atom is -0.254 e. The van der Waals surface area contributed by atoms with Crippen LogP contribution >= 0.6 is 0 Å². The number of benzene rings is 1. The average Bonchev–Trinajstić information content (AvgIpc) is 2.72. The van der Waals surface area contributed by atoms with Gasteiger partial charge in [0.05, 0.1) is 11.8 Å². The summed E-state index contributed by atoms with van der Waals surface area (Å²) in [5.74, 6) is 0.